The lowest BCUT2D eigenvalue weighted by Gasteiger charge is -2.16. The van der Waals surface area contributed by atoms with Gasteiger partial charge in [-0.05, 0) is 32.3 Å². The Morgan fingerprint density at radius 3 is 2.42 bits per heavy atom. The molecule has 0 radical (unpaired) electrons. The Labute approximate surface area is 151 Å². The summed E-state index contributed by atoms with van der Waals surface area (Å²) >= 11 is 0. The van der Waals surface area contributed by atoms with Crippen LogP contribution in [0.1, 0.15) is 44.9 Å². The van der Waals surface area contributed by atoms with Crippen LogP contribution in [0.25, 0.3) is 0 Å². The summed E-state index contributed by atoms with van der Waals surface area (Å²) in [7, 11) is 2.71. The van der Waals surface area contributed by atoms with Crippen molar-refractivity contribution >= 4 is 23.8 Å². The van der Waals surface area contributed by atoms with E-state index in [1.807, 2.05) is 0 Å². The van der Waals surface area contributed by atoms with Gasteiger partial charge in [0.1, 0.15) is 5.69 Å². The predicted octanol–water partition coefficient (Wildman–Crippen LogP) is 0.312. The number of amides is 2. The lowest BCUT2D eigenvalue weighted by Crippen LogP contribution is -2.40. The first kappa shape index (κ1) is 19.5. The average Bonchev–Trinajstić information content (AvgIpc) is 3.34. The third kappa shape index (κ3) is 4.62. The first-order valence-corrected chi connectivity index (χ1v) is 8.22. The van der Waals surface area contributed by atoms with Crippen LogP contribution in [0, 0.1) is 13.8 Å². The Hall–Kier alpha value is -2.84. The van der Waals surface area contributed by atoms with E-state index >= 15 is 0 Å². The average molecular weight is 365 g/mol. The molecule has 0 aliphatic heterocycles. The Morgan fingerprint density at radius 2 is 1.85 bits per heavy atom. The molecule has 26 heavy (non-hydrogen) atoms. The number of carbonyl (C=O) groups excluding carboxylic acids is 4. The predicted molar refractivity (Wildman–Crippen MR) is 90.7 cm³/mol. The number of aromatic nitrogens is 1. The molecule has 9 nitrogen and oxygen atoms in total. The molecule has 0 aromatic carbocycles. The fourth-order valence-corrected chi connectivity index (χ4v) is 2.48. The molecule has 0 atom stereocenters. The second-order valence-corrected chi connectivity index (χ2v) is 6.28. The van der Waals surface area contributed by atoms with Crippen molar-refractivity contribution in [3.05, 3.63) is 22.5 Å². The monoisotopic (exact) mass is 365 g/mol. The van der Waals surface area contributed by atoms with Crippen molar-refractivity contribution in [1.29, 1.82) is 0 Å². The van der Waals surface area contributed by atoms with Crippen LogP contribution >= 0.6 is 0 Å². The number of aryl methyl sites for hydroxylation is 1. The maximum Gasteiger partial charge on any atom is 0.355 e. The van der Waals surface area contributed by atoms with Gasteiger partial charge in [-0.1, -0.05) is 0 Å². The third-order valence-electron chi connectivity index (χ3n) is 4.11. The molecule has 1 saturated carbocycles. The summed E-state index contributed by atoms with van der Waals surface area (Å²) in [5.41, 5.74) is 1.22. The summed E-state index contributed by atoms with van der Waals surface area (Å²) < 4.78 is 9.68. The summed E-state index contributed by atoms with van der Waals surface area (Å²) in [6, 6.07) is 0.215. The molecule has 2 N–H and O–H groups in total. The molecule has 1 aliphatic rings. The highest BCUT2D eigenvalue weighted by Gasteiger charge is 2.26. The largest absolute Gasteiger partial charge is 0.465 e. The second kappa shape index (κ2) is 8.03. The van der Waals surface area contributed by atoms with Crippen molar-refractivity contribution in [3.63, 3.8) is 0 Å². The normalized spacial score (nSPS) is 13.1. The van der Waals surface area contributed by atoms with E-state index in [0.717, 1.165) is 12.8 Å². The molecule has 1 aromatic rings. The molecule has 142 valence electrons. The number of hydrogen-bond donors (Lipinski definition) is 2. The van der Waals surface area contributed by atoms with E-state index in [9.17, 15) is 19.2 Å². The highest BCUT2D eigenvalue weighted by atomic mass is 16.5. The number of esters is 2. The van der Waals surface area contributed by atoms with E-state index in [0.29, 0.717) is 11.3 Å². The lowest BCUT2D eigenvalue weighted by molar-refractivity contribution is -0.137. The minimum Gasteiger partial charge on any atom is -0.465 e. The Bertz CT molecular complexity index is 735. The summed E-state index contributed by atoms with van der Waals surface area (Å²) in [5.74, 6) is -2.07. The van der Waals surface area contributed by atoms with Crippen molar-refractivity contribution < 1.29 is 28.7 Å². The second-order valence-electron chi connectivity index (χ2n) is 6.28. The molecule has 2 rings (SSSR count). The van der Waals surface area contributed by atoms with Crippen LogP contribution in [0.2, 0.25) is 0 Å². The van der Waals surface area contributed by atoms with Crippen LogP contribution in [0.15, 0.2) is 0 Å². The SMILES string of the molecule is COC(=O)c1c(C)[nH]c(C(=O)OCC(=O)N(C)CC(=O)NC2CC2)c1C. The Morgan fingerprint density at radius 1 is 1.19 bits per heavy atom. The highest BCUT2D eigenvalue weighted by molar-refractivity contribution is 5.99. The smallest absolute Gasteiger partial charge is 0.355 e. The number of aromatic amines is 1. The van der Waals surface area contributed by atoms with E-state index in [1.54, 1.807) is 13.8 Å². The van der Waals surface area contributed by atoms with E-state index < -0.39 is 24.5 Å². The van der Waals surface area contributed by atoms with Crippen molar-refractivity contribution in [2.45, 2.75) is 32.7 Å². The first-order valence-electron chi connectivity index (χ1n) is 8.22. The maximum absolute atomic E-state index is 12.2. The van der Waals surface area contributed by atoms with E-state index in [4.69, 9.17) is 4.74 Å². The van der Waals surface area contributed by atoms with Gasteiger partial charge in [-0.25, -0.2) is 9.59 Å². The number of rotatable bonds is 7. The number of nitrogens with zero attached hydrogens (tertiary/aromatic N) is 1. The van der Waals surface area contributed by atoms with Gasteiger partial charge in [0.2, 0.25) is 5.91 Å². The van der Waals surface area contributed by atoms with Gasteiger partial charge < -0.3 is 24.7 Å². The topological polar surface area (TPSA) is 118 Å². The standard InChI is InChI=1S/C17H23N3O6/c1-9-14(16(23)25-4)10(2)18-15(9)17(24)26-8-13(22)20(3)7-12(21)19-11-5-6-11/h11,18H,5-8H2,1-4H3,(H,19,21). The molecular formula is C17H23N3O6. The fourth-order valence-electron chi connectivity index (χ4n) is 2.48. The molecule has 1 aromatic heterocycles. The maximum atomic E-state index is 12.2. The number of ether oxygens (including phenoxy) is 2. The van der Waals surface area contributed by atoms with E-state index in [-0.39, 0.29) is 29.8 Å². The fraction of sp³-hybridized carbons (Fsp3) is 0.529. The molecule has 0 bridgehead atoms. The minimum atomic E-state index is -0.759. The lowest BCUT2D eigenvalue weighted by atomic mass is 10.1. The zero-order valence-corrected chi connectivity index (χ0v) is 15.3. The van der Waals surface area contributed by atoms with Crippen molar-refractivity contribution in [3.8, 4) is 0 Å². The summed E-state index contributed by atoms with van der Waals surface area (Å²) in [6.45, 7) is 2.62. The summed E-state index contributed by atoms with van der Waals surface area (Å²) in [5, 5.41) is 2.77. The third-order valence-corrected chi connectivity index (χ3v) is 4.11. The zero-order valence-electron chi connectivity index (χ0n) is 15.3. The summed E-state index contributed by atoms with van der Waals surface area (Å²) in [4.78, 5) is 51.6. The van der Waals surface area contributed by atoms with Gasteiger partial charge in [0, 0.05) is 18.8 Å². The van der Waals surface area contributed by atoms with Crippen LogP contribution in [0.3, 0.4) is 0 Å². The van der Waals surface area contributed by atoms with Gasteiger partial charge >= 0.3 is 11.9 Å². The number of methoxy groups -OCH3 is 1. The van der Waals surface area contributed by atoms with Crippen LogP contribution in [-0.2, 0) is 19.1 Å². The zero-order chi connectivity index (χ0) is 19.4. The molecular weight excluding hydrogens is 342 g/mol. The van der Waals surface area contributed by atoms with Gasteiger partial charge in [0.05, 0.1) is 19.2 Å². The van der Waals surface area contributed by atoms with Crippen molar-refractivity contribution in [1.82, 2.24) is 15.2 Å². The number of nitrogens with one attached hydrogen (secondary N) is 2. The minimum absolute atomic E-state index is 0.0878. The van der Waals surface area contributed by atoms with E-state index in [2.05, 4.69) is 15.0 Å². The highest BCUT2D eigenvalue weighted by Crippen LogP contribution is 2.20. The molecule has 1 fully saturated rings. The first-order chi connectivity index (χ1) is 12.2. The van der Waals surface area contributed by atoms with Gasteiger partial charge in [-0.15, -0.1) is 0 Å². The molecule has 1 heterocycles. The van der Waals surface area contributed by atoms with Crippen molar-refractivity contribution in [2.75, 3.05) is 27.3 Å². The molecule has 2 amide bonds. The Balaban J connectivity index is 1.90. The number of H-pyrrole nitrogens is 1. The number of carbonyl (C=O) groups is 4. The van der Waals surface area contributed by atoms with Crippen LogP contribution in [0.4, 0.5) is 0 Å². The molecule has 9 heteroatoms. The van der Waals surface area contributed by atoms with E-state index in [1.165, 1.54) is 19.1 Å². The van der Waals surface area contributed by atoms with Gasteiger partial charge in [0.15, 0.2) is 6.61 Å². The van der Waals surface area contributed by atoms with Crippen LogP contribution in [0.5, 0.6) is 0 Å². The molecule has 0 saturated heterocycles. The van der Waals surface area contributed by atoms with Gasteiger partial charge in [0.25, 0.3) is 5.91 Å². The van der Waals surface area contributed by atoms with Crippen LogP contribution in [-0.4, -0.2) is 67.0 Å². The molecule has 1 aliphatic carbocycles. The summed E-state index contributed by atoms with van der Waals surface area (Å²) in [6.07, 6.45) is 1.92. The van der Waals surface area contributed by atoms with Crippen LogP contribution < -0.4 is 5.32 Å². The molecule has 0 spiro atoms. The number of likely N-dealkylation sites (N-methyl/N-ethyl adjacent to an activating group) is 1. The van der Waals surface area contributed by atoms with Crippen molar-refractivity contribution in [2.24, 2.45) is 0 Å². The number of hydrogen-bond acceptors (Lipinski definition) is 6. The van der Waals surface area contributed by atoms with Gasteiger partial charge in [-0.2, -0.15) is 0 Å². The Kier molecular flexibility index (Phi) is 6.01. The molecule has 0 unspecified atom stereocenters. The van der Waals surface area contributed by atoms with Gasteiger partial charge in [-0.3, -0.25) is 9.59 Å². The quantitative estimate of drug-likeness (QED) is 0.672.